The van der Waals surface area contributed by atoms with Crippen molar-refractivity contribution >= 4 is 61.0 Å². The molecule has 0 aliphatic carbocycles. The first kappa shape index (κ1) is 8.77. The third-order valence-corrected chi connectivity index (χ3v) is 3.71. The minimum atomic E-state index is 0.710. The highest BCUT2D eigenvalue weighted by Gasteiger charge is 2.08. The number of H-pyrrole nitrogens is 1. The standard InChI is InChI=1S/C7H3BrClIN2/c8-6-3(9)1-2-4-5(6)7(10)12-11-4/h1-2H,(H,11,12). The maximum atomic E-state index is 5.92. The molecule has 0 unspecified atom stereocenters. The van der Waals surface area contributed by atoms with Gasteiger partial charge in [-0.2, -0.15) is 5.10 Å². The summed E-state index contributed by atoms with van der Waals surface area (Å²) in [5, 5.41) is 8.75. The SMILES string of the molecule is Clc1ccc2n[nH]c(I)c2c1Br. The summed E-state index contributed by atoms with van der Waals surface area (Å²) in [7, 11) is 0. The molecule has 0 aliphatic rings. The summed E-state index contributed by atoms with van der Waals surface area (Å²) < 4.78 is 1.90. The van der Waals surface area contributed by atoms with Gasteiger partial charge in [-0.3, -0.25) is 5.10 Å². The molecule has 62 valence electrons. The number of hydrogen-bond acceptors (Lipinski definition) is 1. The summed E-state index contributed by atoms with van der Waals surface area (Å²) in [6, 6.07) is 3.71. The maximum absolute atomic E-state index is 5.92. The number of benzene rings is 1. The Balaban J connectivity index is 2.96. The Kier molecular flexibility index (Phi) is 2.31. The van der Waals surface area contributed by atoms with Crippen molar-refractivity contribution in [3.63, 3.8) is 0 Å². The van der Waals surface area contributed by atoms with E-state index in [0.29, 0.717) is 5.02 Å². The van der Waals surface area contributed by atoms with Gasteiger partial charge >= 0.3 is 0 Å². The number of hydrogen-bond donors (Lipinski definition) is 1. The van der Waals surface area contributed by atoms with Gasteiger partial charge in [0.1, 0.15) is 3.70 Å². The van der Waals surface area contributed by atoms with Crippen LogP contribution in [0, 0.1) is 3.70 Å². The summed E-state index contributed by atoms with van der Waals surface area (Å²) in [4.78, 5) is 0. The Morgan fingerprint density at radius 1 is 1.50 bits per heavy atom. The van der Waals surface area contributed by atoms with E-state index >= 15 is 0 Å². The van der Waals surface area contributed by atoms with Gasteiger partial charge in [0.2, 0.25) is 0 Å². The van der Waals surface area contributed by atoms with E-state index in [0.717, 1.165) is 19.1 Å². The lowest BCUT2D eigenvalue weighted by Crippen LogP contribution is -1.73. The summed E-state index contributed by atoms with van der Waals surface area (Å²) in [5.41, 5.74) is 0.927. The Bertz CT molecular complexity index is 440. The quantitative estimate of drug-likeness (QED) is 0.718. The predicted molar refractivity (Wildman–Crippen MR) is 61.5 cm³/mol. The van der Waals surface area contributed by atoms with Crippen molar-refractivity contribution in [1.82, 2.24) is 10.2 Å². The number of rotatable bonds is 0. The number of aromatic nitrogens is 2. The third kappa shape index (κ3) is 1.25. The lowest BCUT2D eigenvalue weighted by Gasteiger charge is -1.95. The molecule has 0 saturated heterocycles. The zero-order chi connectivity index (χ0) is 8.72. The van der Waals surface area contributed by atoms with Crippen LogP contribution in [0.3, 0.4) is 0 Å². The van der Waals surface area contributed by atoms with E-state index in [1.165, 1.54) is 0 Å². The third-order valence-electron chi connectivity index (χ3n) is 1.57. The fourth-order valence-electron chi connectivity index (χ4n) is 1.01. The van der Waals surface area contributed by atoms with Crippen LogP contribution in [0.4, 0.5) is 0 Å². The molecule has 2 rings (SSSR count). The van der Waals surface area contributed by atoms with Gasteiger partial charge in [-0.05, 0) is 50.7 Å². The van der Waals surface area contributed by atoms with Crippen molar-refractivity contribution in [2.75, 3.05) is 0 Å². The minimum absolute atomic E-state index is 0.710. The van der Waals surface area contributed by atoms with Crippen LogP contribution < -0.4 is 0 Å². The van der Waals surface area contributed by atoms with Gasteiger partial charge in [0.15, 0.2) is 0 Å². The van der Waals surface area contributed by atoms with Gasteiger partial charge in [0.25, 0.3) is 0 Å². The zero-order valence-corrected chi connectivity index (χ0v) is 10.2. The smallest absolute Gasteiger partial charge is 0.105 e. The lowest BCUT2D eigenvalue weighted by molar-refractivity contribution is 1.09. The van der Waals surface area contributed by atoms with E-state index in [-0.39, 0.29) is 0 Å². The lowest BCUT2D eigenvalue weighted by atomic mass is 10.3. The molecular formula is C7H3BrClIN2. The maximum Gasteiger partial charge on any atom is 0.105 e. The fourth-order valence-corrected chi connectivity index (χ4v) is 2.74. The highest BCUT2D eigenvalue weighted by Crippen LogP contribution is 2.32. The Hall–Kier alpha value is 0.190. The molecule has 0 aliphatic heterocycles. The monoisotopic (exact) mass is 356 g/mol. The number of aromatic amines is 1. The van der Waals surface area contributed by atoms with Crippen LogP contribution in [0.15, 0.2) is 16.6 Å². The van der Waals surface area contributed by atoms with Gasteiger partial charge < -0.3 is 0 Å². The second kappa shape index (κ2) is 3.16. The first-order valence-corrected chi connectivity index (χ1v) is 5.42. The van der Waals surface area contributed by atoms with Crippen LogP contribution in [0.5, 0.6) is 0 Å². The second-order valence-electron chi connectivity index (χ2n) is 2.29. The number of nitrogens with zero attached hydrogens (tertiary/aromatic N) is 1. The van der Waals surface area contributed by atoms with Crippen molar-refractivity contribution in [2.45, 2.75) is 0 Å². The highest BCUT2D eigenvalue weighted by molar-refractivity contribution is 14.1. The van der Waals surface area contributed by atoms with Crippen LogP contribution in [0.1, 0.15) is 0 Å². The van der Waals surface area contributed by atoms with Gasteiger partial charge in [-0.25, -0.2) is 0 Å². The first-order chi connectivity index (χ1) is 5.70. The molecule has 0 saturated carbocycles. The van der Waals surface area contributed by atoms with Crippen LogP contribution in [0.2, 0.25) is 5.02 Å². The summed E-state index contributed by atoms with van der Waals surface area (Å²) in [5.74, 6) is 0. The molecule has 0 radical (unpaired) electrons. The average Bonchev–Trinajstić information content (AvgIpc) is 2.41. The van der Waals surface area contributed by atoms with E-state index in [9.17, 15) is 0 Å². The second-order valence-corrected chi connectivity index (χ2v) is 4.57. The van der Waals surface area contributed by atoms with E-state index in [1.807, 2.05) is 12.1 Å². The van der Waals surface area contributed by atoms with E-state index in [4.69, 9.17) is 11.6 Å². The van der Waals surface area contributed by atoms with Crippen LogP contribution in [0.25, 0.3) is 10.9 Å². The normalized spacial score (nSPS) is 10.9. The van der Waals surface area contributed by atoms with Crippen molar-refractivity contribution < 1.29 is 0 Å². The summed E-state index contributed by atoms with van der Waals surface area (Å²) in [6.45, 7) is 0. The highest BCUT2D eigenvalue weighted by atomic mass is 127. The summed E-state index contributed by atoms with van der Waals surface area (Å²) in [6.07, 6.45) is 0. The molecule has 2 nitrogen and oxygen atoms in total. The van der Waals surface area contributed by atoms with E-state index in [2.05, 4.69) is 48.7 Å². The molecule has 0 atom stereocenters. The number of halogens is 3. The summed E-state index contributed by atoms with van der Waals surface area (Å²) >= 11 is 11.5. The first-order valence-electron chi connectivity index (χ1n) is 3.17. The van der Waals surface area contributed by atoms with Crippen molar-refractivity contribution in [3.05, 3.63) is 25.3 Å². The Morgan fingerprint density at radius 3 is 3.00 bits per heavy atom. The van der Waals surface area contributed by atoms with Gasteiger partial charge in [0, 0.05) is 9.86 Å². The van der Waals surface area contributed by atoms with Crippen LogP contribution in [-0.4, -0.2) is 10.2 Å². The number of fused-ring (bicyclic) bond motifs is 1. The molecule has 5 heteroatoms. The largest absolute Gasteiger partial charge is 0.271 e. The molecule has 1 N–H and O–H groups in total. The average molecular weight is 357 g/mol. The molecule has 1 aromatic carbocycles. The zero-order valence-electron chi connectivity index (χ0n) is 5.74. The molecule has 0 fully saturated rings. The predicted octanol–water partition coefficient (Wildman–Crippen LogP) is 3.58. The van der Waals surface area contributed by atoms with Crippen molar-refractivity contribution in [1.29, 1.82) is 0 Å². The number of nitrogens with one attached hydrogen (secondary N) is 1. The van der Waals surface area contributed by atoms with Gasteiger partial charge in [-0.15, -0.1) is 0 Å². The molecule has 2 aromatic rings. The Morgan fingerprint density at radius 2 is 2.25 bits per heavy atom. The molecule has 0 spiro atoms. The Labute approximate surface area is 95.9 Å². The fraction of sp³-hybridized carbons (Fsp3) is 0. The van der Waals surface area contributed by atoms with Crippen LogP contribution >= 0.6 is 50.1 Å². The minimum Gasteiger partial charge on any atom is -0.271 e. The topological polar surface area (TPSA) is 28.7 Å². The molecule has 0 amide bonds. The van der Waals surface area contributed by atoms with Crippen molar-refractivity contribution in [2.24, 2.45) is 0 Å². The molecule has 12 heavy (non-hydrogen) atoms. The molecule has 0 bridgehead atoms. The molecule has 1 heterocycles. The van der Waals surface area contributed by atoms with Gasteiger partial charge in [0.05, 0.1) is 10.5 Å². The molecule has 1 aromatic heterocycles. The van der Waals surface area contributed by atoms with Gasteiger partial charge in [-0.1, -0.05) is 11.6 Å². The van der Waals surface area contributed by atoms with Crippen molar-refractivity contribution in [3.8, 4) is 0 Å². The van der Waals surface area contributed by atoms with E-state index in [1.54, 1.807) is 0 Å². The van der Waals surface area contributed by atoms with E-state index < -0.39 is 0 Å². The molecular weight excluding hydrogens is 354 g/mol. The van der Waals surface area contributed by atoms with Crippen LogP contribution in [-0.2, 0) is 0 Å².